The number of aryl methyl sites for hydroxylation is 1. The van der Waals surface area contributed by atoms with Crippen LogP contribution >= 0.6 is 11.3 Å². The number of carbonyl (C=O) groups excluding carboxylic acids is 1. The van der Waals surface area contributed by atoms with Crippen molar-refractivity contribution >= 4 is 17.1 Å². The average Bonchev–Trinajstić information content (AvgIpc) is 2.33. The fourth-order valence-corrected chi connectivity index (χ4v) is 1.55. The molecule has 0 aliphatic rings. The molecule has 0 unspecified atom stereocenters. The summed E-state index contributed by atoms with van der Waals surface area (Å²) in [5.74, 6) is 0.0590. The van der Waals surface area contributed by atoms with Crippen molar-refractivity contribution in [3.63, 3.8) is 0 Å². The molecule has 0 aromatic carbocycles. The second kappa shape index (κ2) is 3.01. The van der Waals surface area contributed by atoms with E-state index < -0.39 is 0 Å². The Kier molecular flexibility index (Phi) is 2.25. The molecule has 1 heterocycles. The van der Waals surface area contributed by atoms with Gasteiger partial charge in [-0.15, -0.1) is 11.3 Å². The molecule has 1 rings (SSSR count). The third kappa shape index (κ3) is 1.57. The number of thiophene rings is 1. The van der Waals surface area contributed by atoms with Crippen molar-refractivity contribution in [1.29, 1.82) is 0 Å². The molecule has 0 atom stereocenters. The van der Waals surface area contributed by atoms with E-state index in [9.17, 15) is 4.79 Å². The Bertz CT molecular complexity index is 296. The average molecular weight is 166 g/mol. The molecule has 0 aliphatic heterocycles. The summed E-state index contributed by atoms with van der Waals surface area (Å²) in [6.07, 6.45) is 0. The summed E-state index contributed by atoms with van der Waals surface area (Å²) in [6.45, 7) is 7.29. The third-order valence-electron chi connectivity index (χ3n) is 1.49. The van der Waals surface area contributed by atoms with Crippen LogP contribution in [0.2, 0.25) is 0 Å². The summed E-state index contributed by atoms with van der Waals surface area (Å²) in [6, 6.07) is 1.84. The van der Waals surface area contributed by atoms with Crippen molar-refractivity contribution in [2.45, 2.75) is 13.8 Å². The normalized spacial score (nSPS) is 9.64. The Balaban J connectivity index is 3.02. The fraction of sp³-hybridized carbons (Fsp3) is 0.222. The van der Waals surface area contributed by atoms with Gasteiger partial charge >= 0.3 is 0 Å². The molecule has 1 aromatic rings. The minimum Gasteiger partial charge on any atom is -0.289 e. The lowest BCUT2D eigenvalue weighted by atomic mass is 10.1. The monoisotopic (exact) mass is 166 g/mol. The van der Waals surface area contributed by atoms with Gasteiger partial charge in [0.15, 0.2) is 5.78 Å². The molecule has 2 heteroatoms. The van der Waals surface area contributed by atoms with Gasteiger partial charge in [-0.1, -0.05) is 6.58 Å². The van der Waals surface area contributed by atoms with Crippen molar-refractivity contribution < 1.29 is 4.79 Å². The first-order chi connectivity index (χ1) is 5.13. The standard InChI is InChI=1S/C9H10OS/c1-6(2)9(10)8-4-5-11-7(8)3/h4-5H,1H2,2-3H3. The van der Waals surface area contributed by atoms with E-state index in [-0.39, 0.29) is 5.78 Å². The number of allylic oxidation sites excluding steroid dienone is 1. The van der Waals surface area contributed by atoms with Gasteiger partial charge in [-0.3, -0.25) is 4.79 Å². The maximum atomic E-state index is 11.3. The number of hydrogen-bond acceptors (Lipinski definition) is 2. The molecule has 0 N–H and O–H groups in total. The Labute approximate surface area is 70.4 Å². The van der Waals surface area contributed by atoms with E-state index >= 15 is 0 Å². The van der Waals surface area contributed by atoms with Crippen LogP contribution in [0.1, 0.15) is 22.2 Å². The van der Waals surface area contributed by atoms with Gasteiger partial charge < -0.3 is 0 Å². The van der Waals surface area contributed by atoms with E-state index in [0.717, 1.165) is 10.4 Å². The van der Waals surface area contributed by atoms with Crippen LogP contribution < -0.4 is 0 Å². The van der Waals surface area contributed by atoms with Crippen LogP contribution in [0.4, 0.5) is 0 Å². The minimum atomic E-state index is 0.0590. The Morgan fingerprint density at radius 1 is 1.64 bits per heavy atom. The van der Waals surface area contributed by atoms with Crippen LogP contribution in [0, 0.1) is 6.92 Å². The Morgan fingerprint density at radius 2 is 2.27 bits per heavy atom. The topological polar surface area (TPSA) is 17.1 Å². The number of rotatable bonds is 2. The van der Waals surface area contributed by atoms with Gasteiger partial charge in [0.2, 0.25) is 0 Å². The Morgan fingerprint density at radius 3 is 2.64 bits per heavy atom. The molecule has 58 valence electrons. The van der Waals surface area contributed by atoms with Crippen molar-refractivity contribution in [3.05, 3.63) is 34.0 Å². The van der Waals surface area contributed by atoms with Gasteiger partial charge in [0.05, 0.1) is 0 Å². The van der Waals surface area contributed by atoms with Gasteiger partial charge in [-0.25, -0.2) is 0 Å². The molecule has 0 saturated heterocycles. The summed E-state index contributed by atoms with van der Waals surface area (Å²) in [5.41, 5.74) is 1.40. The predicted octanol–water partition coefficient (Wildman–Crippen LogP) is 2.82. The van der Waals surface area contributed by atoms with Crippen LogP contribution in [0.5, 0.6) is 0 Å². The molecular formula is C9H10OS. The summed E-state index contributed by atoms with van der Waals surface area (Å²) < 4.78 is 0. The zero-order valence-corrected chi connectivity index (χ0v) is 7.49. The number of Topliss-reactive ketones (excluding diaryl/α,β-unsaturated/α-hetero) is 1. The Hall–Kier alpha value is -0.890. The number of carbonyl (C=O) groups is 1. The fourth-order valence-electron chi connectivity index (χ4n) is 0.850. The van der Waals surface area contributed by atoms with Gasteiger partial charge in [0, 0.05) is 10.4 Å². The maximum Gasteiger partial charge on any atom is 0.189 e. The van der Waals surface area contributed by atoms with Crippen LogP contribution in [-0.2, 0) is 0 Å². The molecule has 0 aliphatic carbocycles. The summed E-state index contributed by atoms with van der Waals surface area (Å²) in [7, 11) is 0. The van der Waals surface area contributed by atoms with Crippen molar-refractivity contribution in [2.24, 2.45) is 0 Å². The van der Waals surface area contributed by atoms with E-state index in [2.05, 4.69) is 6.58 Å². The molecule has 1 aromatic heterocycles. The number of ketones is 1. The predicted molar refractivity (Wildman–Crippen MR) is 48.2 cm³/mol. The summed E-state index contributed by atoms with van der Waals surface area (Å²) in [4.78, 5) is 12.4. The summed E-state index contributed by atoms with van der Waals surface area (Å²) in [5, 5.41) is 1.92. The zero-order valence-electron chi connectivity index (χ0n) is 6.68. The molecule has 0 radical (unpaired) electrons. The third-order valence-corrected chi connectivity index (χ3v) is 2.34. The van der Waals surface area contributed by atoms with Gasteiger partial charge in [-0.05, 0) is 30.9 Å². The maximum absolute atomic E-state index is 11.3. The molecule has 0 amide bonds. The van der Waals surface area contributed by atoms with Crippen LogP contribution in [0.15, 0.2) is 23.6 Å². The summed E-state index contributed by atoms with van der Waals surface area (Å²) >= 11 is 1.59. The van der Waals surface area contributed by atoms with Crippen molar-refractivity contribution in [1.82, 2.24) is 0 Å². The van der Waals surface area contributed by atoms with Crippen molar-refractivity contribution in [2.75, 3.05) is 0 Å². The molecule has 1 nitrogen and oxygen atoms in total. The number of hydrogen-bond donors (Lipinski definition) is 0. The highest BCUT2D eigenvalue weighted by Crippen LogP contribution is 2.17. The molecule has 0 spiro atoms. The van der Waals surface area contributed by atoms with Gasteiger partial charge in [0.1, 0.15) is 0 Å². The van der Waals surface area contributed by atoms with E-state index in [1.807, 2.05) is 18.4 Å². The van der Waals surface area contributed by atoms with Gasteiger partial charge in [-0.2, -0.15) is 0 Å². The van der Waals surface area contributed by atoms with E-state index in [1.54, 1.807) is 18.3 Å². The SMILES string of the molecule is C=C(C)C(=O)c1ccsc1C. The first kappa shape index (κ1) is 8.21. The van der Waals surface area contributed by atoms with E-state index in [1.165, 1.54) is 0 Å². The second-order valence-corrected chi connectivity index (χ2v) is 3.62. The molecular weight excluding hydrogens is 156 g/mol. The van der Waals surface area contributed by atoms with Crippen LogP contribution in [0.3, 0.4) is 0 Å². The van der Waals surface area contributed by atoms with E-state index in [0.29, 0.717) is 5.57 Å². The lowest BCUT2D eigenvalue weighted by Gasteiger charge is -1.95. The highest BCUT2D eigenvalue weighted by atomic mass is 32.1. The highest BCUT2D eigenvalue weighted by Gasteiger charge is 2.09. The van der Waals surface area contributed by atoms with Crippen LogP contribution in [0.25, 0.3) is 0 Å². The molecule has 0 bridgehead atoms. The van der Waals surface area contributed by atoms with Crippen LogP contribution in [-0.4, -0.2) is 5.78 Å². The highest BCUT2D eigenvalue weighted by molar-refractivity contribution is 7.10. The van der Waals surface area contributed by atoms with Gasteiger partial charge in [0.25, 0.3) is 0 Å². The smallest absolute Gasteiger partial charge is 0.189 e. The minimum absolute atomic E-state index is 0.0590. The molecule has 0 saturated carbocycles. The largest absolute Gasteiger partial charge is 0.289 e. The van der Waals surface area contributed by atoms with Crippen molar-refractivity contribution in [3.8, 4) is 0 Å². The second-order valence-electron chi connectivity index (χ2n) is 2.50. The lowest BCUT2D eigenvalue weighted by molar-refractivity contribution is 0.103. The van der Waals surface area contributed by atoms with E-state index in [4.69, 9.17) is 0 Å². The molecule has 0 fully saturated rings. The lowest BCUT2D eigenvalue weighted by Crippen LogP contribution is -1.98. The first-order valence-corrected chi connectivity index (χ1v) is 4.25. The first-order valence-electron chi connectivity index (χ1n) is 3.37. The quantitative estimate of drug-likeness (QED) is 0.487. The molecule has 11 heavy (non-hydrogen) atoms. The zero-order chi connectivity index (χ0) is 8.43.